The van der Waals surface area contributed by atoms with Gasteiger partial charge in [0.25, 0.3) is 0 Å². The van der Waals surface area contributed by atoms with Crippen molar-refractivity contribution in [3.05, 3.63) is 212 Å². The lowest BCUT2D eigenvalue weighted by Gasteiger charge is -2.29. The summed E-state index contributed by atoms with van der Waals surface area (Å²) in [5, 5.41) is 9.33. The van der Waals surface area contributed by atoms with Gasteiger partial charge in [-0.05, 0) is 80.7 Å². The molecule has 2 aromatic heterocycles. The summed E-state index contributed by atoms with van der Waals surface area (Å²) in [4.78, 5) is 2.40. The molecule has 276 valence electrons. The molecule has 12 rings (SSSR count). The fourth-order valence-corrected chi connectivity index (χ4v) is 9.13. The Balaban J connectivity index is 1.06. The molecule has 0 amide bonds. The minimum absolute atomic E-state index is 0.898. The Labute approximate surface area is 340 Å². The van der Waals surface area contributed by atoms with Crippen molar-refractivity contribution in [2.24, 2.45) is 0 Å². The Morgan fingerprint density at radius 2 is 0.712 bits per heavy atom. The van der Waals surface area contributed by atoms with Gasteiger partial charge in [-0.3, -0.25) is 0 Å². The number of furan rings is 2. The standard InChI is InChI=1S/C56H35NO2/c1-3-15-42-36(12-1)14-9-21-48(42)54-43-16-4-2-13-37(43)30-35-51(54)57(40-31-26-38(27-32-40)44-19-10-22-49-46-17-5-7-24-52(46)58-55(44)49)41-33-28-39(29-34-41)45-20-11-23-50-47-18-6-8-25-53(47)59-56(45)50/h1-35H. The highest BCUT2D eigenvalue weighted by molar-refractivity contribution is 6.13. The van der Waals surface area contributed by atoms with Crippen molar-refractivity contribution >= 4 is 82.5 Å². The van der Waals surface area contributed by atoms with E-state index in [9.17, 15) is 0 Å². The second-order valence-corrected chi connectivity index (χ2v) is 15.2. The third-order valence-corrected chi connectivity index (χ3v) is 11.9. The summed E-state index contributed by atoms with van der Waals surface area (Å²) >= 11 is 0. The molecule has 0 unspecified atom stereocenters. The molecule has 10 aromatic carbocycles. The zero-order valence-electron chi connectivity index (χ0n) is 32.0. The molecule has 0 aliphatic heterocycles. The molecule has 2 heterocycles. The molecule has 0 radical (unpaired) electrons. The van der Waals surface area contributed by atoms with E-state index in [2.05, 4.69) is 193 Å². The number of fused-ring (bicyclic) bond motifs is 8. The van der Waals surface area contributed by atoms with Crippen molar-refractivity contribution in [3.63, 3.8) is 0 Å². The Hall–Kier alpha value is -7.88. The number of anilines is 3. The van der Waals surface area contributed by atoms with E-state index < -0.39 is 0 Å². The average molecular weight is 754 g/mol. The lowest BCUT2D eigenvalue weighted by molar-refractivity contribution is 0.669. The van der Waals surface area contributed by atoms with Crippen LogP contribution in [0.25, 0.3) is 98.8 Å². The van der Waals surface area contributed by atoms with Crippen molar-refractivity contribution in [1.82, 2.24) is 0 Å². The average Bonchev–Trinajstić information content (AvgIpc) is 3.88. The summed E-state index contributed by atoms with van der Waals surface area (Å²) in [5.74, 6) is 0. The first kappa shape index (κ1) is 33.3. The summed E-state index contributed by atoms with van der Waals surface area (Å²) in [7, 11) is 0. The molecular weight excluding hydrogens is 719 g/mol. The van der Waals surface area contributed by atoms with Crippen LogP contribution in [-0.4, -0.2) is 0 Å². The quantitative estimate of drug-likeness (QED) is 0.169. The molecule has 0 spiro atoms. The molecular formula is C56H35NO2. The van der Waals surface area contributed by atoms with E-state index in [-0.39, 0.29) is 0 Å². The summed E-state index contributed by atoms with van der Waals surface area (Å²) in [6.45, 7) is 0. The number of hydrogen-bond acceptors (Lipinski definition) is 3. The van der Waals surface area contributed by atoms with Crippen LogP contribution in [0.2, 0.25) is 0 Å². The van der Waals surface area contributed by atoms with Crippen LogP contribution >= 0.6 is 0 Å². The van der Waals surface area contributed by atoms with Crippen molar-refractivity contribution in [2.45, 2.75) is 0 Å². The Morgan fingerprint density at radius 3 is 1.29 bits per heavy atom. The predicted octanol–water partition coefficient (Wildman–Crippen LogP) is 16.3. The smallest absolute Gasteiger partial charge is 0.143 e. The van der Waals surface area contributed by atoms with Crippen LogP contribution in [0.5, 0.6) is 0 Å². The maximum absolute atomic E-state index is 6.47. The zero-order valence-corrected chi connectivity index (χ0v) is 32.0. The van der Waals surface area contributed by atoms with E-state index in [1.54, 1.807) is 0 Å². The number of para-hydroxylation sites is 4. The van der Waals surface area contributed by atoms with Gasteiger partial charge >= 0.3 is 0 Å². The van der Waals surface area contributed by atoms with Crippen LogP contribution in [0, 0.1) is 0 Å². The molecule has 59 heavy (non-hydrogen) atoms. The van der Waals surface area contributed by atoms with E-state index in [0.717, 1.165) is 83.2 Å². The summed E-state index contributed by atoms with van der Waals surface area (Å²) in [6.07, 6.45) is 0. The van der Waals surface area contributed by atoms with E-state index in [0.29, 0.717) is 0 Å². The highest BCUT2D eigenvalue weighted by Crippen LogP contribution is 2.47. The molecule has 0 saturated heterocycles. The minimum Gasteiger partial charge on any atom is -0.455 e. The van der Waals surface area contributed by atoms with Crippen molar-refractivity contribution in [1.29, 1.82) is 0 Å². The molecule has 0 aliphatic rings. The van der Waals surface area contributed by atoms with Crippen molar-refractivity contribution < 1.29 is 8.83 Å². The van der Waals surface area contributed by atoms with Gasteiger partial charge in [-0.2, -0.15) is 0 Å². The molecule has 0 aliphatic carbocycles. The fourth-order valence-electron chi connectivity index (χ4n) is 9.13. The Bertz CT molecular complexity index is 3390. The van der Waals surface area contributed by atoms with Gasteiger partial charge in [-0.15, -0.1) is 0 Å². The molecule has 12 aromatic rings. The van der Waals surface area contributed by atoms with Gasteiger partial charge in [0.2, 0.25) is 0 Å². The normalized spacial score (nSPS) is 11.7. The molecule has 3 heteroatoms. The predicted molar refractivity (Wildman–Crippen MR) is 247 cm³/mol. The topological polar surface area (TPSA) is 29.5 Å². The summed E-state index contributed by atoms with van der Waals surface area (Å²) in [5.41, 5.74) is 13.5. The summed E-state index contributed by atoms with van der Waals surface area (Å²) in [6, 6.07) is 75.8. The first-order valence-electron chi connectivity index (χ1n) is 20.1. The van der Waals surface area contributed by atoms with Crippen LogP contribution in [0.15, 0.2) is 221 Å². The maximum atomic E-state index is 6.47. The van der Waals surface area contributed by atoms with Gasteiger partial charge in [0.15, 0.2) is 0 Å². The van der Waals surface area contributed by atoms with Gasteiger partial charge in [0.05, 0.1) is 5.69 Å². The van der Waals surface area contributed by atoms with Gasteiger partial charge in [0, 0.05) is 49.6 Å². The van der Waals surface area contributed by atoms with Crippen LogP contribution in [0.3, 0.4) is 0 Å². The van der Waals surface area contributed by atoms with Crippen LogP contribution in [0.1, 0.15) is 0 Å². The molecule has 0 saturated carbocycles. The SMILES string of the molecule is c1ccc2c(-c3c(N(c4ccc(-c5cccc6c5oc5ccccc56)cc4)c4ccc(-c5cccc6c5oc5ccccc56)cc4)ccc4ccccc34)cccc2c1. The number of benzene rings is 10. The largest absolute Gasteiger partial charge is 0.455 e. The van der Waals surface area contributed by atoms with Gasteiger partial charge in [-0.25, -0.2) is 0 Å². The lowest BCUT2D eigenvalue weighted by atomic mass is 9.91. The third kappa shape index (κ3) is 5.36. The molecule has 0 N–H and O–H groups in total. The van der Waals surface area contributed by atoms with Crippen LogP contribution in [-0.2, 0) is 0 Å². The van der Waals surface area contributed by atoms with Crippen LogP contribution in [0.4, 0.5) is 17.1 Å². The molecule has 0 fully saturated rings. The van der Waals surface area contributed by atoms with Gasteiger partial charge < -0.3 is 13.7 Å². The first-order chi connectivity index (χ1) is 29.3. The fraction of sp³-hybridized carbons (Fsp3) is 0. The monoisotopic (exact) mass is 753 g/mol. The minimum atomic E-state index is 0.898. The summed E-state index contributed by atoms with van der Waals surface area (Å²) < 4.78 is 12.9. The zero-order chi connectivity index (χ0) is 38.9. The second-order valence-electron chi connectivity index (χ2n) is 15.2. The number of rotatable bonds is 6. The van der Waals surface area contributed by atoms with Crippen LogP contribution < -0.4 is 4.90 Å². The van der Waals surface area contributed by atoms with Gasteiger partial charge in [-0.1, -0.05) is 170 Å². The molecule has 3 nitrogen and oxygen atoms in total. The lowest BCUT2D eigenvalue weighted by Crippen LogP contribution is -2.11. The number of hydrogen-bond donors (Lipinski definition) is 0. The maximum Gasteiger partial charge on any atom is 0.143 e. The third-order valence-electron chi connectivity index (χ3n) is 11.9. The second kappa shape index (κ2) is 13.4. The highest BCUT2D eigenvalue weighted by atomic mass is 16.3. The first-order valence-corrected chi connectivity index (χ1v) is 20.1. The highest BCUT2D eigenvalue weighted by Gasteiger charge is 2.22. The van der Waals surface area contributed by atoms with E-state index >= 15 is 0 Å². The molecule has 0 bridgehead atoms. The molecule has 0 atom stereocenters. The van der Waals surface area contributed by atoms with E-state index in [4.69, 9.17) is 8.83 Å². The van der Waals surface area contributed by atoms with Crippen molar-refractivity contribution in [2.75, 3.05) is 4.90 Å². The number of nitrogens with zero attached hydrogens (tertiary/aromatic N) is 1. The van der Waals surface area contributed by atoms with Gasteiger partial charge in [0.1, 0.15) is 22.3 Å². The Kier molecular flexibility index (Phi) is 7.54. The van der Waals surface area contributed by atoms with E-state index in [1.165, 1.54) is 32.7 Å². The Morgan fingerprint density at radius 1 is 0.288 bits per heavy atom. The van der Waals surface area contributed by atoms with Crippen molar-refractivity contribution in [3.8, 4) is 33.4 Å². The van der Waals surface area contributed by atoms with E-state index in [1.807, 2.05) is 24.3 Å².